The fraction of sp³-hybridized carbons (Fsp3) is 0.455. The minimum absolute atomic E-state index is 0.369. The van der Waals surface area contributed by atoms with Gasteiger partial charge in [-0.1, -0.05) is 30.7 Å². The molecule has 0 aliphatic heterocycles. The summed E-state index contributed by atoms with van der Waals surface area (Å²) in [7, 11) is 1.96. The summed E-state index contributed by atoms with van der Waals surface area (Å²) >= 11 is 6.10. The van der Waals surface area contributed by atoms with Crippen molar-refractivity contribution >= 4 is 11.6 Å². The maximum Gasteiger partial charge on any atom is 0.0441 e. The van der Waals surface area contributed by atoms with Gasteiger partial charge in [-0.2, -0.15) is 0 Å². The molecule has 0 aliphatic rings. The largest absolute Gasteiger partial charge is 0.313 e. The number of hydrogen-bond donors (Lipinski definition) is 1. The average molecular weight is 198 g/mol. The first kappa shape index (κ1) is 10.6. The van der Waals surface area contributed by atoms with Crippen LogP contribution in [0.1, 0.15) is 31.0 Å². The Balaban J connectivity index is 3.12. The quantitative estimate of drug-likeness (QED) is 0.785. The zero-order valence-electron chi connectivity index (χ0n) is 8.39. The minimum atomic E-state index is 0.369. The van der Waals surface area contributed by atoms with Crippen LogP contribution in [0.25, 0.3) is 0 Å². The second-order valence-corrected chi connectivity index (χ2v) is 3.58. The zero-order valence-corrected chi connectivity index (χ0v) is 9.15. The molecular weight excluding hydrogens is 182 g/mol. The highest BCUT2D eigenvalue weighted by Gasteiger charge is 2.09. The molecule has 0 spiro atoms. The summed E-state index contributed by atoms with van der Waals surface area (Å²) in [4.78, 5) is 0. The molecule has 0 bridgehead atoms. The van der Waals surface area contributed by atoms with Gasteiger partial charge in [-0.15, -0.1) is 0 Å². The summed E-state index contributed by atoms with van der Waals surface area (Å²) in [5.74, 6) is 0. The van der Waals surface area contributed by atoms with Crippen molar-refractivity contribution in [1.29, 1.82) is 0 Å². The van der Waals surface area contributed by atoms with E-state index in [2.05, 4.69) is 25.2 Å². The third-order valence-corrected chi connectivity index (χ3v) is 2.76. The third kappa shape index (κ3) is 2.23. The SMILES string of the molecule is CCc1c(Cl)cccc1C(C)NC. The van der Waals surface area contributed by atoms with Gasteiger partial charge < -0.3 is 5.32 Å². The van der Waals surface area contributed by atoms with Crippen molar-refractivity contribution in [3.05, 3.63) is 34.3 Å². The summed E-state index contributed by atoms with van der Waals surface area (Å²) in [6.45, 7) is 4.28. The van der Waals surface area contributed by atoms with E-state index in [1.165, 1.54) is 11.1 Å². The van der Waals surface area contributed by atoms with E-state index in [0.717, 1.165) is 11.4 Å². The Morgan fingerprint density at radius 1 is 1.46 bits per heavy atom. The Hall–Kier alpha value is -0.530. The van der Waals surface area contributed by atoms with Crippen molar-refractivity contribution in [1.82, 2.24) is 5.32 Å². The number of rotatable bonds is 3. The average Bonchev–Trinajstić information content (AvgIpc) is 2.16. The molecule has 1 aromatic rings. The number of benzene rings is 1. The molecule has 0 fully saturated rings. The Labute approximate surface area is 85.1 Å². The summed E-state index contributed by atoms with van der Waals surface area (Å²) in [6.07, 6.45) is 0.987. The molecule has 72 valence electrons. The molecule has 0 radical (unpaired) electrons. The van der Waals surface area contributed by atoms with Crippen LogP contribution in [0.15, 0.2) is 18.2 Å². The molecule has 1 nitrogen and oxygen atoms in total. The van der Waals surface area contributed by atoms with Crippen molar-refractivity contribution in [3.63, 3.8) is 0 Å². The van der Waals surface area contributed by atoms with Crippen LogP contribution in [0.3, 0.4) is 0 Å². The van der Waals surface area contributed by atoms with Crippen LogP contribution >= 0.6 is 11.6 Å². The standard InChI is InChI=1S/C11H16ClN/c1-4-9-10(8(2)13-3)6-5-7-11(9)12/h5-8,13H,4H2,1-3H3. The highest BCUT2D eigenvalue weighted by molar-refractivity contribution is 6.31. The molecular formula is C11H16ClN. The lowest BCUT2D eigenvalue weighted by atomic mass is 10.00. The number of nitrogens with one attached hydrogen (secondary N) is 1. The molecule has 1 unspecified atom stereocenters. The van der Waals surface area contributed by atoms with Gasteiger partial charge in [-0.05, 0) is 37.6 Å². The van der Waals surface area contributed by atoms with Crippen LogP contribution in [0.2, 0.25) is 5.02 Å². The lowest BCUT2D eigenvalue weighted by Gasteiger charge is -2.15. The third-order valence-electron chi connectivity index (χ3n) is 2.41. The predicted molar refractivity (Wildman–Crippen MR) is 58.3 cm³/mol. The van der Waals surface area contributed by atoms with E-state index in [-0.39, 0.29) is 0 Å². The van der Waals surface area contributed by atoms with Crippen LogP contribution < -0.4 is 5.32 Å². The van der Waals surface area contributed by atoms with Crippen molar-refractivity contribution in [2.24, 2.45) is 0 Å². The molecule has 0 aromatic heterocycles. The van der Waals surface area contributed by atoms with Crippen molar-refractivity contribution < 1.29 is 0 Å². The summed E-state index contributed by atoms with van der Waals surface area (Å²) in [6, 6.07) is 6.46. The van der Waals surface area contributed by atoms with E-state index in [9.17, 15) is 0 Å². The monoisotopic (exact) mass is 197 g/mol. The zero-order chi connectivity index (χ0) is 9.84. The van der Waals surface area contributed by atoms with Gasteiger partial charge in [0.15, 0.2) is 0 Å². The molecule has 0 heterocycles. The van der Waals surface area contributed by atoms with Gasteiger partial charge >= 0.3 is 0 Å². The molecule has 0 saturated heterocycles. The molecule has 13 heavy (non-hydrogen) atoms. The first-order valence-electron chi connectivity index (χ1n) is 4.65. The highest BCUT2D eigenvalue weighted by atomic mass is 35.5. The first-order valence-corrected chi connectivity index (χ1v) is 5.03. The molecule has 2 heteroatoms. The van der Waals surface area contributed by atoms with Gasteiger partial charge in [0.05, 0.1) is 0 Å². The Morgan fingerprint density at radius 2 is 2.15 bits per heavy atom. The molecule has 0 aliphatic carbocycles. The second kappa shape index (κ2) is 4.64. The Kier molecular flexibility index (Phi) is 3.76. The van der Waals surface area contributed by atoms with Gasteiger partial charge in [0.1, 0.15) is 0 Å². The van der Waals surface area contributed by atoms with Gasteiger partial charge in [0, 0.05) is 11.1 Å². The first-order chi connectivity index (χ1) is 6.20. The van der Waals surface area contributed by atoms with Gasteiger partial charge in [-0.3, -0.25) is 0 Å². The molecule has 0 saturated carbocycles. The fourth-order valence-corrected chi connectivity index (χ4v) is 1.83. The van der Waals surface area contributed by atoms with E-state index in [0.29, 0.717) is 6.04 Å². The van der Waals surface area contributed by atoms with Crippen molar-refractivity contribution in [2.75, 3.05) is 7.05 Å². The molecule has 1 atom stereocenters. The Bertz CT molecular complexity index is 283. The van der Waals surface area contributed by atoms with E-state index >= 15 is 0 Å². The van der Waals surface area contributed by atoms with Crippen LogP contribution in [-0.4, -0.2) is 7.05 Å². The second-order valence-electron chi connectivity index (χ2n) is 3.17. The van der Waals surface area contributed by atoms with E-state index in [1.54, 1.807) is 0 Å². The molecule has 0 amide bonds. The number of halogens is 1. The molecule has 1 N–H and O–H groups in total. The van der Waals surface area contributed by atoms with Crippen LogP contribution in [-0.2, 0) is 6.42 Å². The lowest BCUT2D eigenvalue weighted by Crippen LogP contribution is -2.14. The van der Waals surface area contributed by atoms with Crippen LogP contribution in [0, 0.1) is 0 Å². The predicted octanol–water partition coefficient (Wildman–Crippen LogP) is 3.18. The van der Waals surface area contributed by atoms with Crippen molar-refractivity contribution in [2.45, 2.75) is 26.3 Å². The maximum absolute atomic E-state index is 6.10. The lowest BCUT2D eigenvalue weighted by molar-refractivity contribution is 0.645. The van der Waals surface area contributed by atoms with E-state index < -0.39 is 0 Å². The molecule has 1 aromatic carbocycles. The Morgan fingerprint density at radius 3 is 2.69 bits per heavy atom. The van der Waals surface area contributed by atoms with Gasteiger partial charge in [0.25, 0.3) is 0 Å². The highest BCUT2D eigenvalue weighted by Crippen LogP contribution is 2.25. The normalized spacial score (nSPS) is 12.9. The van der Waals surface area contributed by atoms with E-state index in [4.69, 9.17) is 11.6 Å². The van der Waals surface area contributed by atoms with E-state index in [1.807, 2.05) is 19.2 Å². The van der Waals surface area contributed by atoms with Gasteiger partial charge in [0.2, 0.25) is 0 Å². The summed E-state index contributed by atoms with van der Waals surface area (Å²) < 4.78 is 0. The summed E-state index contributed by atoms with van der Waals surface area (Å²) in [5.41, 5.74) is 2.56. The van der Waals surface area contributed by atoms with Crippen LogP contribution in [0.4, 0.5) is 0 Å². The minimum Gasteiger partial charge on any atom is -0.313 e. The fourth-order valence-electron chi connectivity index (χ4n) is 1.51. The smallest absolute Gasteiger partial charge is 0.0441 e. The summed E-state index contributed by atoms with van der Waals surface area (Å²) in [5, 5.41) is 4.10. The molecule has 1 rings (SSSR count). The number of hydrogen-bond acceptors (Lipinski definition) is 1. The maximum atomic E-state index is 6.10. The van der Waals surface area contributed by atoms with Crippen molar-refractivity contribution in [3.8, 4) is 0 Å². The van der Waals surface area contributed by atoms with Gasteiger partial charge in [-0.25, -0.2) is 0 Å². The topological polar surface area (TPSA) is 12.0 Å². The van der Waals surface area contributed by atoms with Crippen LogP contribution in [0.5, 0.6) is 0 Å².